The maximum Gasteiger partial charge on any atom is 0.188 e. The van der Waals surface area contributed by atoms with E-state index in [4.69, 9.17) is 9.47 Å². The summed E-state index contributed by atoms with van der Waals surface area (Å²) >= 11 is 0. The van der Waals surface area contributed by atoms with E-state index in [1.54, 1.807) is 13.2 Å². The Hall–Kier alpha value is -2.07. The average molecular weight is 259 g/mol. The number of methoxy groups -OCH3 is 1. The topological polar surface area (TPSA) is 38.8 Å². The van der Waals surface area contributed by atoms with Crippen LogP contribution in [-0.4, -0.2) is 34.3 Å². The van der Waals surface area contributed by atoms with Crippen molar-refractivity contribution in [3.63, 3.8) is 0 Å². The Bertz CT molecular complexity index is 593. The van der Waals surface area contributed by atoms with E-state index in [2.05, 4.69) is 0 Å². The molecule has 0 radical (unpaired) electrons. The van der Waals surface area contributed by atoms with E-state index < -0.39 is 0 Å². The Morgan fingerprint density at radius 1 is 1.21 bits per heavy atom. The van der Waals surface area contributed by atoms with Crippen molar-refractivity contribution < 1.29 is 14.3 Å². The number of fused-ring (bicyclic) bond motifs is 1. The molecule has 2 aromatic carbocycles. The van der Waals surface area contributed by atoms with Crippen molar-refractivity contribution in [3.8, 4) is 5.75 Å². The number of hydrogen-bond donors (Lipinski definition) is 0. The van der Waals surface area contributed by atoms with Crippen LogP contribution in [0.4, 0.5) is 5.69 Å². The lowest BCUT2D eigenvalue weighted by molar-refractivity contribution is 0.0511. The minimum atomic E-state index is 0.164. The molecule has 0 atom stereocenters. The van der Waals surface area contributed by atoms with Gasteiger partial charge < -0.3 is 14.4 Å². The fourth-order valence-corrected chi connectivity index (χ4v) is 1.94. The van der Waals surface area contributed by atoms with E-state index in [-0.39, 0.29) is 6.79 Å². The number of aldehydes is 1. The summed E-state index contributed by atoms with van der Waals surface area (Å²) in [7, 11) is 5.52. The summed E-state index contributed by atoms with van der Waals surface area (Å²) in [5.74, 6) is 0.632. The maximum atomic E-state index is 11.2. The highest BCUT2D eigenvalue weighted by molar-refractivity contribution is 6.00. The quantitative estimate of drug-likeness (QED) is 0.611. The van der Waals surface area contributed by atoms with Crippen LogP contribution in [0.3, 0.4) is 0 Å². The van der Waals surface area contributed by atoms with Gasteiger partial charge in [-0.1, -0.05) is 6.07 Å². The number of nitrogens with zero attached hydrogens (tertiary/aromatic N) is 1. The smallest absolute Gasteiger partial charge is 0.188 e. The molecule has 0 unspecified atom stereocenters. The van der Waals surface area contributed by atoms with Crippen molar-refractivity contribution in [2.45, 2.75) is 0 Å². The zero-order valence-corrected chi connectivity index (χ0v) is 11.3. The molecule has 4 heteroatoms. The first-order valence-electron chi connectivity index (χ1n) is 5.97. The molecule has 0 N–H and O–H groups in total. The molecule has 0 aliphatic heterocycles. The Balaban J connectivity index is 2.54. The largest absolute Gasteiger partial charge is 0.468 e. The normalized spacial score (nSPS) is 10.5. The van der Waals surface area contributed by atoms with Gasteiger partial charge in [-0.2, -0.15) is 0 Å². The van der Waals surface area contributed by atoms with Gasteiger partial charge in [-0.25, -0.2) is 0 Å². The molecule has 100 valence electrons. The second kappa shape index (κ2) is 5.71. The van der Waals surface area contributed by atoms with Gasteiger partial charge >= 0.3 is 0 Å². The molecule has 19 heavy (non-hydrogen) atoms. The summed E-state index contributed by atoms with van der Waals surface area (Å²) in [4.78, 5) is 13.2. The molecule has 0 bridgehead atoms. The van der Waals surface area contributed by atoms with E-state index in [1.807, 2.05) is 43.3 Å². The molecule has 0 saturated heterocycles. The molecule has 0 amide bonds. The van der Waals surface area contributed by atoms with Crippen molar-refractivity contribution in [1.29, 1.82) is 0 Å². The molecule has 0 spiro atoms. The van der Waals surface area contributed by atoms with Gasteiger partial charge in [0.05, 0.1) is 0 Å². The molecular formula is C15H17NO3. The Morgan fingerprint density at radius 2 is 2.00 bits per heavy atom. The molecule has 0 fully saturated rings. The molecule has 2 rings (SSSR count). The average Bonchev–Trinajstić information content (AvgIpc) is 2.43. The van der Waals surface area contributed by atoms with Crippen LogP contribution in [0, 0.1) is 0 Å². The van der Waals surface area contributed by atoms with Gasteiger partial charge in [-0.3, -0.25) is 4.79 Å². The van der Waals surface area contributed by atoms with Crippen LogP contribution in [0.25, 0.3) is 10.8 Å². The van der Waals surface area contributed by atoms with E-state index in [0.29, 0.717) is 11.3 Å². The van der Waals surface area contributed by atoms with Gasteiger partial charge in [-0.15, -0.1) is 0 Å². The molecule has 0 aliphatic carbocycles. The summed E-state index contributed by atoms with van der Waals surface area (Å²) in [5, 5.41) is 1.90. The van der Waals surface area contributed by atoms with Crippen LogP contribution >= 0.6 is 0 Å². The summed E-state index contributed by atoms with van der Waals surface area (Å²) < 4.78 is 10.3. The van der Waals surface area contributed by atoms with Crippen molar-refractivity contribution in [3.05, 3.63) is 35.9 Å². The molecule has 0 aliphatic rings. The maximum absolute atomic E-state index is 11.2. The van der Waals surface area contributed by atoms with Crippen molar-refractivity contribution >= 4 is 22.7 Å². The minimum Gasteiger partial charge on any atom is -0.468 e. The first-order valence-corrected chi connectivity index (χ1v) is 5.97. The Kier molecular flexibility index (Phi) is 4.02. The third-order valence-electron chi connectivity index (χ3n) is 2.93. The van der Waals surface area contributed by atoms with Gasteiger partial charge in [0.15, 0.2) is 13.1 Å². The number of carbonyl (C=O) groups is 1. The Labute approximate surface area is 112 Å². The highest BCUT2D eigenvalue weighted by atomic mass is 16.7. The molecule has 0 aromatic heterocycles. The third kappa shape index (κ3) is 2.85. The predicted octanol–water partition coefficient (Wildman–Crippen LogP) is 2.70. The SMILES string of the molecule is COCOc1cc(C=O)c2ccc(N(C)C)cc2c1. The lowest BCUT2D eigenvalue weighted by Gasteiger charge is -2.14. The number of benzene rings is 2. The van der Waals surface area contributed by atoms with Crippen molar-refractivity contribution in [2.75, 3.05) is 32.9 Å². The van der Waals surface area contributed by atoms with E-state index >= 15 is 0 Å². The van der Waals surface area contributed by atoms with Gasteiger partial charge in [0.2, 0.25) is 0 Å². The zero-order chi connectivity index (χ0) is 13.8. The van der Waals surface area contributed by atoms with Crippen molar-refractivity contribution in [2.24, 2.45) is 0 Å². The van der Waals surface area contributed by atoms with Crippen LogP contribution in [0.1, 0.15) is 10.4 Å². The first-order chi connectivity index (χ1) is 9.15. The van der Waals surface area contributed by atoms with Crippen molar-refractivity contribution in [1.82, 2.24) is 0 Å². The molecule has 2 aromatic rings. The van der Waals surface area contributed by atoms with Crippen LogP contribution in [0.15, 0.2) is 30.3 Å². The second-order valence-corrected chi connectivity index (χ2v) is 4.48. The number of carbonyl (C=O) groups excluding carboxylic acids is 1. The van der Waals surface area contributed by atoms with Crippen LogP contribution in [0.2, 0.25) is 0 Å². The van der Waals surface area contributed by atoms with Gasteiger partial charge in [0.1, 0.15) is 5.75 Å². The summed E-state index contributed by atoms with van der Waals surface area (Å²) in [6, 6.07) is 9.61. The minimum absolute atomic E-state index is 0.164. The highest BCUT2D eigenvalue weighted by Crippen LogP contribution is 2.28. The predicted molar refractivity (Wildman–Crippen MR) is 76.2 cm³/mol. The monoisotopic (exact) mass is 259 g/mol. The zero-order valence-electron chi connectivity index (χ0n) is 11.3. The van der Waals surface area contributed by atoms with E-state index in [9.17, 15) is 4.79 Å². The number of anilines is 1. The Morgan fingerprint density at radius 3 is 2.63 bits per heavy atom. The van der Waals surface area contributed by atoms with Crippen LogP contribution in [0.5, 0.6) is 5.75 Å². The lowest BCUT2D eigenvalue weighted by Crippen LogP contribution is -2.08. The molecule has 0 saturated carbocycles. The fourth-order valence-electron chi connectivity index (χ4n) is 1.94. The third-order valence-corrected chi connectivity index (χ3v) is 2.93. The molecule has 0 heterocycles. The summed E-state index contributed by atoms with van der Waals surface area (Å²) in [6.07, 6.45) is 0.845. The van der Waals surface area contributed by atoms with Gasteiger partial charge in [0.25, 0.3) is 0 Å². The number of hydrogen-bond acceptors (Lipinski definition) is 4. The summed E-state index contributed by atoms with van der Waals surface area (Å²) in [6.45, 7) is 0.164. The standard InChI is InChI=1S/C15H17NO3/c1-16(2)13-4-5-15-11(6-13)7-14(19-10-18-3)8-12(15)9-17/h4-9H,10H2,1-3H3. The van der Waals surface area contributed by atoms with Crippen LogP contribution in [-0.2, 0) is 4.74 Å². The summed E-state index contributed by atoms with van der Waals surface area (Å²) in [5.41, 5.74) is 1.70. The molecule has 4 nitrogen and oxygen atoms in total. The van der Waals surface area contributed by atoms with Gasteiger partial charge in [-0.05, 0) is 35.0 Å². The number of ether oxygens (including phenoxy) is 2. The first kappa shape index (κ1) is 13.4. The van der Waals surface area contributed by atoms with Gasteiger partial charge in [0, 0.05) is 32.5 Å². The number of rotatable bonds is 5. The lowest BCUT2D eigenvalue weighted by atomic mass is 10.0. The fraction of sp³-hybridized carbons (Fsp3) is 0.267. The molecular weight excluding hydrogens is 242 g/mol. The van der Waals surface area contributed by atoms with E-state index in [1.165, 1.54) is 0 Å². The highest BCUT2D eigenvalue weighted by Gasteiger charge is 2.06. The van der Waals surface area contributed by atoms with Crippen LogP contribution < -0.4 is 9.64 Å². The second-order valence-electron chi connectivity index (χ2n) is 4.48. The van der Waals surface area contributed by atoms with E-state index in [0.717, 1.165) is 22.7 Å².